The zero-order valence-corrected chi connectivity index (χ0v) is 16.9. The molecular weight excluding hydrogens is 398 g/mol. The third kappa shape index (κ3) is 4.39. The fraction of sp³-hybridized carbons (Fsp3) is 0.444. The Bertz CT molecular complexity index is 938. The molecule has 29 heavy (non-hydrogen) atoms. The van der Waals surface area contributed by atoms with Crippen molar-refractivity contribution in [3.8, 4) is 0 Å². The van der Waals surface area contributed by atoms with Crippen molar-refractivity contribution in [3.05, 3.63) is 40.2 Å². The van der Waals surface area contributed by atoms with Crippen molar-refractivity contribution in [2.24, 2.45) is 7.05 Å². The van der Waals surface area contributed by atoms with Crippen LogP contribution in [0.15, 0.2) is 34.6 Å². The fourth-order valence-corrected chi connectivity index (χ4v) is 4.22. The highest BCUT2D eigenvalue weighted by atomic mass is 32.2. The number of nitro groups is 1. The molecule has 2 aromatic rings. The highest BCUT2D eigenvalue weighted by Crippen LogP contribution is 2.35. The average molecular weight is 419 g/mol. The van der Waals surface area contributed by atoms with E-state index in [0.29, 0.717) is 22.9 Å². The van der Waals surface area contributed by atoms with Gasteiger partial charge in [0.2, 0.25) is 0 Å². The van der Waals surface area contributed by atoms with Crippen LogP contribution in [-0.4, -0.2) is 44.2 Å². The number of amides is 1. The molecule has 1 aromatic heterocycles. The zero-order valence-electron chi connectivity index (χ0n) is 16.1. The summed E-state index contributed by atoms with van der Waals surface area (Å²) in [4.78, 5) is 36.5. The topological polar surface area (TPSA) is 129 Å². The Morgan fingerprint density at radius 3 is 2.62 bits per heavy atom. The average Bonchev–Trinajstić information content (AvgIpc) is 3.12. The van der Waals surface area contributed by atoms with Crippen LogP contribution in [0.2, 0.25) is 0 Å². The van der Waals surface area contributed by atoms with Crippen LogP contribution in [0.1, 0.15) is 42.5 Å². The van der Waals surface area contributed by atoms with Crippen LogP contribution in [-0.2, 0) is 16.6 Å². The van der Waals surface area contributed by atoms with Crippen LogP contribution < -0.4 is 5.32 Å². The molecule has 1 aliphatic carbocycles. The van der Waals surface area contributed by atoms with Crippen LogP contribution in [0.5, 0.6) is 0 Å². The maximum atomic E-state index is 12.8. The predicted molar refractivity (Wildman–Crippen MR) is 104 cm³/mol. The summed E-state index contributed by atoms with van der Waals surface area (Å²) >= 11 is 1.08. The summed E-state index contributed by atoms with van der Waals surface area (Å²) in [7, 11) is 3.01. The lowest BCUT2D eigenvalue weighted by Crippen LogP contribution is -2.56. The lowest BCUT2D eigenvalue weighted by Gasteiger charge is -2.35. The number of carbonyl (C=O) groups excluding carboxylic acids is 2. The van der Waals surface area contributed by atoms with E-state index in [1.807, 2.05) is 0 Å². The number of aromatic nitrogens is 3. The number of nitro benzene ring substituents is 1. The molecular formula is C18H21N5O5S. The van der Waals surface area contributed by atoms with Crippen LogP contribution in [0.25, 0.3) is 0 Å². The summed E-state index contributed by atoms with van der Waals surface area (Å²) in [5, 5.41) is 22.5. The van der Waals surface area contributed by atoms with Crippen molar-refractivity contribution in [2.75, 3.05) is 7.11 Å². The molecule has 0 aliphatic heterocycles. The van der Waals surface area contributed by atoms with Crippen molar-refractivity contribution in [2.45, 2.75) is 47.7 Å². The normalized spacial score (nSPS) is 15.5. The van der Waals surface area contributed by atoms with Crippen molar-refractivity contribution in [1.29, 1.82) is 0 Å². The van der Waals surface area contributed by atoms with Crippen LogP contribution >= 0.6 is 11.8 Å². The first kappa shape index (κ1) is 20.8. The molecule has 1 heterocycles. The van der Waals surface area contributed by atoms with Gasteiger partial charge in [-0.05, 0) is 36.7 Å². The summed E-state index contributed by atoms with van der Waals surface area (Å²) in [6, 6.07) is 4.20. The molecule has 0 bridgehead atoms. The number of ether oxygens (including phenoxy) is 1. The highest BCUT2D eigenvalue weighted by molar-refractivity contribution is 7.99. The Kier molecular flexibility index (Phi) is 6.16. The quantitative estimate of drug-likeness (QED) is 0.429. The third-order valence-electron chi connectivity index (χ3n) is 4.92. The van der Waals surface area contributed by atoms with Gasteiger partial charge in [0.25, 0.3) is 11.6 Å². The van der Waals surface area contributed by atoms with Crippen molar-refractivity contribution in [3.63, 3.8) is 0 Å². The first-order valence-corrected chi connectivity index (χ1v) is 9.89. The van der Waals surface area contributed by atoms with Crippen molar-refractivity contribution < 1.29 is 19.2 Å². The standard InChI is InChI=1S/C18H21N5O5S/c1-22-11-19-21-17(22)29-14-7-6-12(10-13(14)23(26)27)15(24)20-18(16(25)28-2)8-4-3-5-9-18/h6-7,10-11H,3-5,8-9H2,1-2H3,(H,20,24). The molecule has 0 unspecified atom stereocenters. The van der Waals surface area contributed by atoms with Gasteiger partial charge in [0.15, 0.2) is 5.16 Å². The zero-order chi connectivity index (χ0) is 21.0. The van der Waals surface area contributed by atoms with Gasteiger partial charge < -0.3 is 14.6 Å². The van der Waals surface area contributed by atoms with E-state index in [1.165, 1.54) is 31.6 Å². The molecule has 1 aliphatic rings. The van der Waals surface area contributed by atoms with Crippen molar-refractivity contribution in [1.82, 2.24) is 20.1 Å². The van der Waals surface area contributed by atoms with E-state index >= 15 is 0 Å². The first-order valence-electron chi connectivity index (χ1n) is 9.07. The smallest absolute Gasteiger partial charge is 0.331 e. The Balaban J connectivity index is 1.87. The molecule has 0 radical (unpaired) electrons. The van der Waals surface area contributed by atoms with Gasteiger partial charge in [0.05, 0.1) is 16.9 Å². The van der Waals surface area contributed by atoms with E-state index in [4.69, 9.17) is 4.74 Å². The summed E-state index contributed by atoms with van der Waals surface area (Å²) in [5.41, 5.74) is -1.21. The van der Waals surface area contributed by atoms with Gasteiger partial charge in [-0.25, -0.2) is 4.79 Å². The van der Waals surface area contributed by atoms with Gasteiger partial charge in [-0.1, -0.05) is 19.3 Å². The van der Waals surface area contributed by atoms with Gasteiger partial charge in [0, 0.05) is 18.7 Å². The Morgan fingerprint density at radius 1 is 1.31 bits per heavy atom. The number of aryl methyl sites for hydroxylation is 1. The third-order valence-corrected chi connectivity index (χ3v) is 6.04. The molecule has 1 amide bonds. The molecule has 1 fully saturated rings. The summed E-state index contributed by atoms with van der Waals surface area (Å²) in [6.45, 7) is 0. The number of rotatable bonds is 6. The maximum absolute atomic E-state index is 12.8. The van der Waals surface area contributed by atoms with Crippen LogP contribution in [0, 0.1) is 10.1 Å². The Labute approximate surface area is 171 Å². The minimum Gasteiger partial charge on any atom is -0.467 e. The molecule has 0 saturated heterocycles. The maximum Gasteiger partial charge on any atom is 0.331 e. The molecule has 10 nitrogen and oxygen atoms in total. The fourth-order valence-electron chi connectivity index (χ4n) is 3.37. The van der Waals surface area contributed by atoms with E-state index in [2.05, 4.69) is 15.5 Å². The van der Waals surface area contributed by atoms with Crippen LogP contribution in [0.4, 0.5) is 5.69 Å². The number of carbonyl (C=O) groups is 2. The van der Waals surface area contributed by atoms with E-state index in [0.717, 1.165) is 31.0 Å². The van der Waals surface area contributed by atoms with E-state index in [-0.39, 0.29) is 11.3 Å². The summed E-state index contributed by atoms with van der Waals surface area (Å²) in [6.07, 6.45) is 5.02. The SMILES string of the molecule is COC(=O)C1(NC(=O)c2ccc(Sc3nncn3C)c([N+](=O)[O-])c2)CCCCC1. The van der Waals surface area contributed by atoms with Gasteiger partial charge in [-0.3, -0.25) is 14.9 Å². The summed E-state index contributed by atoms with van der Waals surface area (Å²) < 4.78 is 6.54. The molecule has 1 saturated carbocycles. The van der Waals surface area contributed by atoms with Gasteiger partial charge in [-0.15, -0.1) is 10.2 Å². The molecule has 11 heteroatoms. The number of nitrogens with one attached hydrogen (secondary N) is 1. The van der Waals surface area contributed by atoms with E-state index < -0.39 is 22.3 Å². The molecule has 0 spiro atoms. The minimum absolute atomic E-state index is 0.105. The predicted octanol–water partition coefficient (Wildman–Crippen LogP) is 2.48. The molecule has 1 N–H and O–H groups in total. The van der Waals surface area contributed by atoms with Gasteiger partial charge in [-0.2, -0.15) is 0 Å². The molecule has 1 aromatic carbocycles. The number of hydrogen-bond acceptors (Lipinski definition) is 8. The van der Waals surface area contributed by atoms with Crippen LogP contribution in [0.3, 0.4) is 0 Å². The number of methoxy groups -OCH3 is 1. The molecule has 0 atom stereocenters. The largest absolute Gasteiger partial charge is 0.467 e. The number of nitrogens with zero attached hydrogens (tertiary/aromatic N) is 4. The van der Waals surface area contributed by atoms with E-state index in [9.17, 15) is 19.7 Å². The highest BCUT2D eigenvalue weighted by Gasteiger charge is 2.42. The lowest BCUT2D eigenvalue weighted by molar-refractivity contribution is -0.387. The number of esters is 1. The Morgan fingerprint density at radius 2 is 2.03 bits per heavy atom. The lowest BCUT2D eigenvalue weighted by atomic mass is 9.81. The second-order valence-electron chi connectivity index (χ2n) is 6.85. The van der Waals surface area contributed by atoms with Gasteiger partial charge >= 0.3 is 5.97 Å². The Hall–Kier alpha value is -2.95. The number of hydrogen-bond donors (Lipinski definition) is 1. The van der Waals surface area contributed by atoms with Gasteiger partial charge in [0.1, 0.15) is 11.9 Å². The monoisotopic (exact) mass is 419 g/mol. The summed E-state index contributed by atoms with van der Waals surface area (Å²) in [5.74, 6) is -1.04. The van der Waals surface area contributed by atoms with Crippen molar-refractivity contribution >= 4 is 29.3 Å². The molecule has 3 rings (SSSR count). The first-order chi connectivity index (χ1) is 13.9. The molecule has 154 valence electrons. The second kappa shape index (κ2) is 8.60. The number of benzene rings is 1. The van der Waals surface area contributed by atoms with E-state index in [1.54, 1.807) is 11.6 Å². The minimum atomic E-state index is -1.09. The second-order valence-corrected chi connectivity index (χ2v) is 7.86.